The Bertz CT molecular complexity index is 744. The molecule has 0 saturated carbocycles. The monoisotopic (exact) mass is 231 g/mol. The predicted octanol–water partition coefficient (Wildman–Crippen LogP) is -0.961. The zero-order valence-electron chi connectivity index (χ0n) is 9.42. The van der Waals surface area contributed by atoms with Crippen LogP contribution >= 0.6 is 0 Å². The van der Waals surface area contributed by atoms with E-state index in [1.165, 1.54) is 0 Å². The molecule has 4 N–H and O–H groups in total. The van der Waals surface area contributed by atoms with E-state index >= 15 is 0 Å². The second-order valence-corrected chi connectivity index (χ2v) is 3.83. The molecular formula is C9H11N8+. The Kier molecular flexibility index (Phi) is 1.71. The van der Waals surface area contributed by atoms with Crippen LogP contribution in [0.1, 0.15) is 11.4 Å². The van der Waals surface area contributed by atoms with Crippen LogP contribution in [0.4, 0.5) is 11.9 Å². The first-order valence-corrected chi connectivity index (χ1v) is 5.04. The molecule has 0 radical (unpaired) electrons. The number of nitrogens with two attached hydrogens (primary N) is 2. The van der Waals surface area contributed by atoms with E-state index in [1.54, 1.807) is 8.92 Å². The molecule has 0 amide bonds. The summed E-state index contributed by atoms with van der Waals surface area (Å²) in [6.07, 6.45) is 0. The minimum Gasteiger partial charge on any atom is -0.356 e. The standard InChI is InChI=1S/C9H11N8/c1-4-3-5(2)17-9(12-4)16-7(11)13-6(10)14-8(16)15-17/h3H,1-2H3,(H4,10,11,13,14,15)/q+1. The van der Waals surface area contributed by atoms with Crippen LogP contribution in [0.5, 0.6) is 0 Å². The Morgan fingerprint density at radius 2 is 1.94 bits per heavy atom. The van der Waals surface area contributed by atoms with Crippen molar-refractivity contribution in [1.82, 2.24) is 24.6 Å². The lowest BCUT2D eigenvalue weighted by Gasteiger charge is -1.95. The number of nitrogens with zero attached hydrogens (tertiary/aromatic N) is 6. The van der Waals surface area contributed by atoms with Crippen molar-refractivity contribution < 1.29 is 4.40 Å². The van der Waals surface area contributed by atoms with Crippen molar-refractivity contribution in [3.05, 3.63) is 17.5 Å². The van der Waals surface area contributed by atoms with Crippen LogP contribution in [-0.2, 0) is 0 Å². The molecule has 8 heteroatoms. The summed E-state index contributed by atoms with van der Waals surface area (Å²) in [4.78, 5) is 12.3. The first-order valence-electron chi connectivity index (χ1n) is 5.04. The molecule has 0 aliphatic rings. The van der Waals surface area contributed by atoms with Crippen LogP contribution < -0.4 is 15.9 Å². The van der Waals surface area contributed by atoms with Gasteiger partial charge in [0.15, 0.2) is 0 Å². The van der Waals surface area contributed by atoms with Crippen LogP contribution in [0.25, 0.3) is 11.6 Å². The summed E-state index contributed by atoms with van der Waals surface area (Å²) in [7, 11) is 0. The van der Waals surface area contributed by atoms with Gasteiger partial charge in [-0.2, -0.15) is 9.38 Å². The molecule has 86 valence electrons. The molecule has 0 aliphatic carbocycles. The van der Waals surface area contributed by atoms with E-state index in [4.69, 9.17) is 11.5 Å². The maximum absolute atomic E-state index is 5.81. The third kappa shape index (κ3) is 1.27. The number of fused-ring (bicyclic) bond motifs is 3. The van der Waals surface area contributed by atoms with Gasteiger partial charge in [0.2, 0.25) is 0 Å². The van der Waals surface area contributed by atoms with Gasteiger partial charge in [-0.25, -0.2) is 0 Å². The van der Waals surface area contributed by atoms with Crippen molar-refractivity contribution in [3.63, 3.8) is 0 Å². The molecule has 0 aromatic carbocycles. The van der Waals surface area contributed by atoms with Gasteiger partial charge in [-0.05, 0) is 25.0 Å². The van der Waals surface area contributed by atoms with Gasteiger partial charge in [-0.3, -0.25) is 0 Å². The molecule has 3 aromatic rings. The van der Waals surface area contributed by atoms with Crippen molar-refractivity contribution in [2.75, 3.05) is 11.5 Å². The highest BCUT2D eigenvalue weighted by molar-refractivity contribution is 5.37. The Hall–Kier alpha value is -2.51. The number of aryl methyl sites for hydroxylation is 2. The van der Waals surface area contributed by atoms with E-state index in [0.717, 1.165) is 11.4 Å². The molecule has 0 fully saturated rings. The van der Waals surface area contributed by atoms with E-state index in [2.05, 4.69) is 20.1 Å². The van der Waals surface area contributed by atoms with Crippen molar-refractivity contribution in [3.8, 4) is 0 Å². The minimum atomic E-state index is 0.0975. The van der Waals surface area contributed by atoms with Crippen molar-refractivity contribution in [2.45, 2.75) is 13.8 Å². The third-order valence-corrected chi connectivity index (χ3v) is 2.48. The summed E-state index contributed by atoms with van der Waals surface area (Å²) in [5.74, 6) is 1.28. The molecule has 0 unspecified atom stereocenters. The minimum absolute atomic E-state index is 0.0975. The topological polar surface area (TPSA) is 112 Å². The normalized spacial score (nSPS) is 11.4. The van der Waals surface area contributed by atoms with Crippen LogP contribution in [0, 0.1) is 13.8 Å². The van der Waals surface area contributed by atoms with E-state index < -0.39 is 0 Å². The SMILES string of the molecule is Cc1cc(C)n2nc3nc(N)nc(N)[n+]3c2n1. The first-order chi connectivity index (χ1) is 8.06. The van der Waals surface area contributed by atoms with Gasteiger partial charge in [-0.1, -0.05) is 0 Å². The smallest absolute Gasteiger partial charge is 0.356 e. The van der Waals surface area contributed by atoms with Crippen LogP contribution in [0.3, 0.4) is 0 Å². The maximum Gasteiger partial charge on any atom is 0.358 e. The average molecular weight is 231 g/mol. The summed E-state index contributed by atoms with van der Waals surface area (Å²) < 4.78 is 3.23. The molecule has 0 aliphatic heterocycles. The van der Waals surface area contributed by atoms with Crippen LogP contribution in [-0.4, -0.2) is 24.6 Å². The molecular weight excluding hydrogens is 220 g/mol. The van der Waals surface area contributed by atoms with Crippen molar-refractivity contribution >= 4 is 23.5 Å². The number of nitrogen functional groups attached to an aromatic ring is 2. The third-order valence-electron chi connectivity index (χ3n) is 2.48. The largest absolute Gasteiger partial charge is 0.358 e. The van der Waals surface area contributed by atoms with Crippen LogP contribution in [0.2, 0.25) is 0 Å². The fraction of sp³-hybridized carbons (Fsp3) is 0.222. The van der Waals surface area contributed by atoms with E-state index in [9.17, 15) is 0 Å². The summed E-state index contributed by atoms with van der Waals surface area (Å²) in [6.45, 7) is 3.84. The fourth-order valence-electron chi connectivity index (χ4n) is 1.82. The second kappa shape index (κ2) is 3.00. The quantitative estimate of drug-likeness (QED) is 0.482. The molecule has 8 nitrogen and oxygen atoms in total. The summed E-state index contributed by atoms with van der Waals surface area (Å²) >= 11 is 0. The fourth-order valence-corrected chi connectivity index (χ4v) is 1.82. The van der Waals surface area contributed by atoms with Gasteiger partial charge in [0.05, 0.1) is 11.4 Å². The summed E-state index contributed by atoms with van der Waals surface area (Å²) in [5, 5.41) is 4.28. The summed E-state index contributed by atoms with van der Waals surface area (Å²) in [5.41, 5.74) is 13.2. The van der Waals surface area contributed by atoms with E-state index in [1.807, 2.05) is 19.9 Å². The number of rotatable bonds is 0. The second-order valence-electron chi connectivity index (χ2n) is 3.83. The number of hydrogen-bond acceptors (Lipinski definition) is 6. The highest BCUT2D eigenvalue weighted by atomic mass is 15.4. The first kappa shape index (κ1) is 9.70. The molecule has 3 heterocycles. The molecule has 0 spiro atoms. The van der Waals surface area contributed by atoms with Gasteiger partial charge >= 0.3 is 11.6 Å². The van der Waals surface area contributed by atoms with Gasteiger partial charge < -0.3 is 11.5 Å². The lowest BCUT2D eigenvalue weighted by atomic mass is 10.4. The maximum atomic E-state index is 5.81. The molecule has 17 heavy (non-hydrogen) atoms. The van der Waals surface area contributed by atoms with Gasteiger partial charge in [0.25, 0.3) is 11.9 Å². The van der Waals surface area contributed by atoms with E-state index in [0.29, 0.717) is 11.6 Å². The average Bonchev–Trinajstić information content (AvgIpc) is 2.56. The zero-order valence-corrected chi connectivity index (χ0v) is 9.42. The predicted molar refractivity (Wildman–Crippen MR) is 60.0 cm³/mol. The molecule has 3 rings (SSSR count). The van der Waals surface area contributed by atoms with Gasteiger partial charge in [0, 0.05) is 0 Å². The lowest BCUT2D eigenvalue weighted by Crippen LogP contribution is -2.29. The Balaban J connectivity index is 2.60. The van der Waals surface area contributed by atoms with Gasteiger partial charge in [0.1, 0.15) is 0 Å². The number of anilines is 2. The van der Waals surface area contributed by atoms with Gasteiger partial charge in [-0.15, -0.1) is 14.5 Å². The van der Waals surface area contributed by atoms with Crippen molar-refractivity contribution in [2.24, 2.45) is 0 Å². The molecule has 0 atom stereocenters. The molecule has 3 aromatic heterocycles. The Morgan fingerprint density at radius 3 is 2.71 bits per heavy atom. The lowest BCUT2D eigenvalue weighted by molar-refractivity contribution is -0.474. The summed E-state index contributed by atoms with van der Waals surface area (Å²) in [6, 6.07) is 1.92. The molecule has 0 saturated heterocycles. The Labute approximate surface area is 95.9 Å². The number of hydrogen-bond donors (Lipinski definition) is 2. The zero-order chi connectivity index (χ0) is 12.2. The number of aromatic nitrogens is 6. The van der Waals surface area contributed by atoms with E-state index in [-0.39, 0.29) is 11.9 Å². The highest BCUT2D eigenvalue weighted by Gasteiger charge is 2.19. The highest BCUT2D eigenvalue weighted by Crippen LogP contribution is 2.06. The van der Waals surface area contributed by atoms with Crippen molar-refractivity contribution in [1.29, 1.82) is 0 Å². The van der Waals surface area contributed by atoms with Crippen LogP contribution in [0.15, 0.2) is 6.07 Å². The molecule has 0 bridgehead atoms. The Morgan fingerprint density at radius 1 is 1.18 bits per heavy atom.